The molecule has 0 aliphatic carbocycles. The highest BCUT2D eigenvalue weighted by Crippen LogP contribution is 2.36. The van der Waals surface area contributed by atoms with E-state index >= 15 is 0 Å². The predicted molar refractivity (Wildman–Crippen MR) is 65.8 cm³/mol. The molecule has 0 aromatic carbocycles. The van der Waals surface area contributed by atoms with Crippen LogP contribution in [0.5, 0.6) is 0 Å². The summed E-state index contributed by atoms with van der Waals surface area (Å²) in [6.07, 6.45) is 3.10. The smallest absolute Gasteiger partial charge is 0.481 e. The highest BCUT2D eigenvalue weighted by molar-refractivity contribution is 6.50. The molecule has 1 atom stereocenters. The van der Waals surface area contributed by atoms with Crippen LogP contribution in [-0.2, 0) is 10.2 Å². The number of pyridine rings is 1. The van der Waals surface area contributed by atoms with Crippen molar-refractivity contribution >= 4 is 13.2 Å². The van der Waals surface area contributed by atoms with E-state index in [9.17, 15) is 22.1 Å². The lowest BCUT2D eigenvalue weighted by Gasteiger charge is -2.10. The lowest BCUT2D eigenvalue weighted by atomic mass is 9.86. The van der Waals surface area contributed by atoms with Gasteiger partial charge in [-0.25, -0.2) is 0 Å². The van der Waals surface area contributed by atoms with Crippen molar-refractivity contribution in [1.82, 2.24) is 0 Å². The molecule has 0 spiro atoms. The van der Waals surface area contributed by atoms with Gasteiger partial charge in [0.15, 0.2) is 17.9 Å². The number of carboxylic acid groups (broad SMARTS) is 1. The monoisotopic (exact) mass is 293 g/mol. The highest BCUT2D eigenvalue weighted by atomic mass is 19.5. The number of aliphatic carboxylic acids is 1. The van der Waals surface area contributed by atoms with E-state index in [-0.39, 0.29) is 17.9 Å². The van der Waals surface area contributed by atoms with E-state index < -0.39 is 13.2 Å². The molecule has 1 aromatic rings. The summed E-state index contributed by atoms with van der Waals surface area (Å²) in [7, 11) is -6.00. The fraction of sp³-hybridized carbons (Fsp3) is 0.500. The van der Waals surface area contributed by atoms with Gasteiger partial charge in [0.1, 0.15) is 6.42 Å². The normalized spacial score (nSPS) is 19.8. The molecular weight excluding hydrogens is 277 g/mol. The third-order valence-electron chi connectivity index (χ3n) is 3.13. The van der Waals surface area contributed by atoms with Crippen molar-refractivity contribution in [3.8, 4) is 0 Å². The van der Waals surface area contributed by atoms with Gasteiger partial charge in [0.2, 0.25) is 0 Å². The molecule has 1 aromatic heterocycles. The SMILES string of the molecule is CC1(C)CC(CC(=O)O)[n+]2ccccc21.F[B-](F)(F)F. The Morgan fingerprint density at radius 3 is 2.45 bits per heavy atom. The van der Waals surface area contributed by atoms with Gasteiger partial charge in [-0.05, 0) is 13.8 Å². The first-order chi connectivity index (χ1) is 9.00. The minimum Gasteiger partial charge on any atom is -0.481 e. The standard InChI is InChI=1S/C12H15NO2.BF4/c1-12(2)8-9(7-11(14)15)13-6-4-3-5-10(12)13;2-1(3,4)5/h3-6,9H,7-8H2,1-2H3;/q;-1/p+1. The van der Waals surface area contributed by atoms with Crippen LogP contribution < -0.4 is 4.57 Å². The van der Waals surface area contributed by atoms with E-state index in [1.807, 2.05) is 18.3 Å². The lowest BCUT2D eigenvalue weighted by molar-refractivity contribution is -0.716. The predicted octanol–water partition coefficient (Wildman–Crippen LogP) is 2.97. The number of aromatic nitrogens is 1. The summed E-state index contributed by atoms with van der Waals surface area (Å²) in [5.41, 5.74) is 1.32. The van der Waals surface area contributed by atoms with E-state index in [4.69, 9.17) is 5.11 Å². The Morgan fingerprint density at radius 1 is 1.40 bits per heavy atom. The van der Waals surface area contributed by atoms with Gasteiger partial charge in [0.05, 0.1) is 5.41 Å². The molecule has 112 valence electrons. The molecule has 8 heteroatoms. The van der Waals surface area contributed by atoms with Crippen LogP contribution in [0.1, 0.15) is 38.4 Å². The van der Waals surface area contributed by atoms with Crippen molar-refractivity contribution in [3.63, 3.8) is 0 Å². The molecule has 1 unspecified atom stereocenters. The Morgan fingerprint density at radius 2 is 1.95 bits per heavy atom. The molecule has 1 aliphatic rings. The van der Waals surface area contributed by atoms with Gasteiger partial charge in [0.25, 0.3) is 0 Å². The second kappa shape index (κ2) is 5.81. The van der Waals surface area contributed by atoms with Crippen LogP contribution >= 0.6 is 0 Å². The highest BCUT2D eigenvalue weighted by Gasteiger charge is 2.44. The summed E-state index contributed by atoms with van der Waals surface area (Å²) >= 11 is 0. The zero-order valence-corrected chi connectivity index (χ0v) is 11.2. The number of halogens is 4. The molecule has 0 saturated heterocycles. The van der Waals surface area contributed by atoms with E-state index in [1.54, 1.807) is 0 Å². The molecule has 1 aliphatic heterocycles. The van der Waals surface area contributed by atoms with E-state index in [0.29, 0.717) is 0 Å². The average Bonchev–Trinajstić information content (AvgIpc) is 2.48. The van der Waals surface area contributed by atoms with Crippen molar-refractivity contribution in [3.05, 3.63) is 30.1 Å². The maximum atomic E-state index is 10.8. The molecular formula is C12H16BF4NO2. The molecule has 3 nitrogen and oxygen atoms in total. The first kappa shape index (κ1) is 16.5. The zero-order valence-electron chi connectivity index (χ0n) is 11.2. The van der Waals surface area contributed by atoms with Crippen molar-refractivity contribution in [2.75, 3.05) is 0 Å². The van der Waals surface area contributed by atoms with Crippen LogP contribution in [0.2, 0.25) is 0 Å². The van der Waals surface area contributed by atoms with Crippen LogP contribution in [0, 0.1) is 0 Å². The molecule has 0 fully saturated rings. The van der Waals surface area contributed by atoms with Crippen molar-refractivity contribution in [2.24, 2.45) is 0 Å². The van der Waals surface area contributed by atoms with Crippen LogP contribution in [0.4, 0.5) is 17.3 Å². The van der Waals surface area contributed by atoms with Crippen LogP contribution in [0.3, 0.4) is 0 Å². The number of fused-ring (bicyclic) bond motifs is 1. The minimum atomic E-state index is -6.00. The number of rotatable bonds is 2. The maximum Gasteiger partial charge on any atom is 0.673 e. The van der Waals surface area contributed by atoms with Crippen LogP contribution in [-0.4, -0.2) is 18.3 Å². The number of carbonyl (C=O) groups is 1. The van der Waals surface area contributed by atoms with E-state index in [0.717, 1.165) is 6.42 Å². The van der Waals surface area contributed by atoms with E-state index in [2.05, 4.69) is 24.5 Å². The van der Waals surface area contributed by atoms with Gasteiger partial charge < -0.3 is 22.4 Å². The van der Waals surface area contributed by atoms with Crippen molar-refractivity contribution < 1.29 is 31.7 Å². The first-order valence-corrected chi connectivity index (χ1v) is 6.10. The van der Waals surface area contributed by atoms with Crippen LogP contribution in [0.15, 0.2) is 24.4 Å². The number of hydrogen-bond acceptors (Lipinski definition) is 1. The largest absolute Gasteiger partial charge is 0.673 e. The fourth-order valence-electron chi connectivity index (χ4n) is 2.51. The third kappa shape index (κ3) is 4.83. The molecule has 1 N–H and O–H groups in total. The Labute approximate surface area is 114 Å². The Bertz CT molecular complexity index is 485. The lowest BCUT2D eigenvalue weighted by Crippen LogP contribution is -2.39. The van der Waals surface area contributed by atoms with Gasteiger partial charge in [-0.15, -0.1) is 0 Å². The number of hydrogen-bond donors (Lipinski definition) is 1. The Balaban J connectivity index is 0.000000347. The zero-order chi connectivity index (χ0) is 15.6. The molecule has 0 amide bonds. The second-order valence-corrected chi connectivity index (χ2v) is 5.33. The Hall–Kier alpha value is -1.60. The third-order valence-corrected chi connectivity index (χ3v) is 3.13. The number of nitrogens with zero attached hydrogens (tertiary/aromatic N) is 1. The van der Waals surface area contributed by atoms with Gasteiger partial charge in [-0.2, -0.15) is 4.57 Å². The van der Waals surface area contributed by atoms with Crippen LogP contribution in [0.25, 0.3) is 0 Å². The molecule has 2 heterocycles. The second-order valence-electron chi connectivity index (χ2n) is 5.33. The average molecular weight is 293 g/mol. The molecule has 2 rings (SSSR count). The summed E-state index contributed by atoms with van der Waals surface area (Å²) in [4.78, 5) is 10.8. The summed E-state index contributed by atoms with van der Waals surface area (Å²) in [6, 6.07) is 6.16. The molecule has 0 radical (unpaired) electrons. The quantitative estimate of drug-likeness (QED) is 0.517. The topological polar surface area (TPSA) is 41.2 Å². The molecule has 20 heavy (non-hydrogen) atoms. The van der Waals surface area contributed by atoms with Gasteiger partial charge in [0, 0.05) is 18.6 Å². The van der Waals surface area contributed by atoms with Gasteiger partial charge in [-0.1, -0.05) is 6.07 Å². The van der Waals surface area contributed by atoms with Crippen molar-refractivity contribution in [2.45, 2.75) is 38.1 Å². The maximum absolute atomic E-state index is 10.8. The summed E-state index contributed by atoms with van der Waals surface area (Å²) in [5.74, 6) is -0.722. The molecule has 0 saturated carbocycles. The summed E-state index contributed by atoms with van der Waals surface area (Å²) in [5, 5.41) is 8.86. The summed E-state index contributed by atoms with van der Waals surface area (Å²) < 4.78 is 41.1. The van der Waals surface area contributed by atoms with Gasteiger partial charge in [-0.3, -0.25) is 4.79 Å². The minimum absolute atomic E-state index is 0.0847. The molecule has 0 bridgehead atoms. The number of carboxylic acids is 1. The Kier molecular flexibility index (Phi) is 4.78. The fourth-order valence-corrected chi connectivity index (χ4v) is 2.51. The van der Waals surface area contributed by atoms with E-state index in [1.165, 1.54) is 5.69 Å². The first-order valence-electron chi connectivity index (χ1n) is 6.10. The van der Waals surface area contributed by atoms with Gasteiger partial charge >= 0.3 is 13.2 Å². The summed E-state index contributed by atoms with van der Waals surface area (Å²) in [6.45, 7) is 4.33. The van der Waals surface area contributed by atoms with Crippen molar-refractivity contribution in [1.29, 1.82) is 0 Å².